The predicted octanol–water partition coefficient (Wildman–Crippen LogP) is 8.67. The summed E-state index contributed by atoms with van der Waals surface area (Å²) in [6.45, 7) is 0. The zero-order valence-corrected chi connectivity index (χ0v) is 18.5. The van der Waals surface area contributed by atoms with Gasteiger partial charge in [0.25, 0.3) is 0 Å². The lowest BCUT2D eigenvalue weighted by Gasteiger charge is -2.20. The fourth-order valence-corrected chi connectivity index (χ4v) is 8.78. The summed E-state index contributed by atoms with van der Waals surface area (Å²) >= 11 is 0. The van der Waals surface area contributed by atoms with Gasteiger partial charge >= 0.3 is 0 Å². The van der Waals surface area contributed by atoms with Crippen LogP contribution in [-0.4, -0.2) is 11.5 Å². The summed E-state index contributed by atoms with van der Waals surface area (Å²) in [4.78, 5) is 0. The Morgan fingerprint density at radius 3 is 1.79 bits per heavy atom. The number of benzene rings is 3. The highest BCUT2D eigenvalue weighted by molar-refractivity contribution is 8.24. The van der Waals surface area contributed by atoms with E-state index in [4.69, 9.17) is 0 Å². The molecule has 0 fully saturated rings. The normalized spacial score (nSPS) is 16.9. The van der Waals surface area contributed by atoms with E-state index in [0.717, 1.165) is 6.42 Å². The van der Waals surface area contributed by atoms with Crippen LogP contribution in [0.3, 0.4) is 0 Å². The first-order chi connectivity index (χ1) is 13.9. The zero-order chi connectivity index (χ0) is 19.0. The molecule has 3 heteroatoms. The van der Waals surface area contributed by atoms with Gasteiger partial charge in [0.2, 0.25) is 0 Å². The van der Waals surface area contributed by atoms with E-state index in [9.17, 15) is 0 Å². The number of hydrogen-bond donors (Lipinski definition) is 0. The summed E-state index contributed by atoms with van der Waals surface area (Å²) < 4.78 is 0. The molecule has 0 aromatic heterocycles. The van der Waals surface area contributed by atoms with Crippen molar-refractivity contribution in [1.29, 1.82) is 0 Å². The molecule has 0 amide bonds. The lowest BCUT2D eigenvalue weighted by atomic mass is 9.87. The average Bonchev–Trinajstić information content (AvgIpc) is 2.78. The van der Waals surface area contributed by atoms with E-state index in [1.54, 1.807) is 7.87 Å². The van der Waals surface area contributed by atoms with Gasteiger partial charge in [-0.15, -0.1) is 0 Å². The third-order valence-electron chi connectivity index (χ3n) is 4.91. The van der Waals surface area contributed by atoms with Crippen molar-refractivity contribution in [3.63, 3.8) is 0 Å². The van der Waals surface area contributed by atoms with Crippen molar-refractivity contribution in [2.45, 2.75) is 19.3 Å². The molecule has 0 radical (unpaired) electrons. The van der Waals surface area contributed by atoms with Crippen molar-refractivity contribution < 1.29 is 0 Å². The third kappa shape index (κ3) is 4.77. The molecule has 0 N–H and O–H groups in total. The SMILES string of the molecule is c1ccc(C2=PP=PCCCCC(c3ccccc3)=C2c2ccccc2)cc1. The molecular formula is C25H23P3. The summed E-state index contributed by atoms with van der Waals surface area (Å²) in [5.74, 6) is 0. The molecule has 28 heavy (non-hydrogen) atoms. The highest BCUT2D eigenvalue weighted by atomic mass is 32.2. The van der Waals surface area contributed by atoms with Crippen LogP contribution in [0.5, 0.6) is 0 Å². The van der Waals surface area contributed by atoms with Crippen LogP contribution in [0.2, 0.25) is 0 Å². The molecular weight excluding hydrogens is 393 g/mol. The molecule has 0 saturated heterocycles. The maximum atomic E-state index is 2.28. The van der Waals surface area contributed by atoms with Crippen LogP contribution >= 0.6 is 23.3 Å². The minimum absolute atomic E-state index is 1.13. The summed E-state index contributed by atoms with van der Waals surface area (Å²) in [5, 5.41) is 1.46. The van der Waals surface area contributed by atoms with E-state index in [1.807, 2.05) is 0 Å². The molecule has 1 heterocycles. The Balaban J connectivity index is 2.02. The topological polar surface area (TPSA) is 0 Å². The van der Waals surface area contributed by atoms with Gasteiger partial charge < -0.3 is 0 Å². The van der Waals surface area contributed by atoms with Gasteiger partial charge in [-0.3, -0.25) is 0 Å². The average molecular weight is 416 g/mol. The second-order valence-electron chi connectivity index (χ2n) is 6.81. The third-order valence-corrected chi connectivity index (χ3v) is 10.1. The first-order valence-corrected chi connectivity index (χ1v) is 14.1. The Kier molecular flexibility index (Phi) is 7.02. The van der Waals surface area contributed by atoms with Gasteiger partial charge in [0, 0.05) is 5.29 Å². The summed E-state index contributed by atoms with van der Waals surface area (Å²) in [7, 11) is 4.43. The summed E-state index contributed by atoms with van der Waals surface area (Å²) in [6.07, 6.45) is 5.00. The van der Waals surface area contributed by atoms with Gasteiger partial charge in [-0.25, -0.2) is 0 Å². The first kappa shape index (κ1) is 19.5. The number of rotatable bonds is 3. The lowest BCUT2D eigenvalue weighted by molar-refractivity contribution is 0.833. The minimum Gasteiger partial charge on any atom is -0.0664 e. The number of hydrogen-bond acceptors (Lipinski definition) is 0. The van der Waals surface area contributed by atoms with Crippen LogP contribution in [0.1, 0.15) is 36.0 Å². The molecule has 0 unspecified atom stereocenters. The Labute approximate surface area is 172 Å². The highest BCUT2D eigenvalue weighted by Crippen LogP contribution is 2.42. The minimum atomic E-state index is 1.13. The molecule has 4 rings (SSSR count). The van der Waals surface area contributed by atoms with Crippen molar-refractivity contribution in [2.75, 3.05) is 6.16 Å². The lowest BCUT2D eigenvalue weighted by Crippen LogP contribution is -2.06. The molecule has 0 nitrogen and oxygen atoms in total. The van der Waals surface area contributed by atoms with Crippen LogP contribution in [0.15, 0.2) is 91.0 Å². The van der Waals surface area contributed by atoms with E-state index in [2.05, 4.69) is 91.0 Å². The molecule has 3 aromatic carbocycles. The van der Waals surface area contributed by atoms with Crippen molar-refractivity contribution in [3.05, 3.63) is 108 Å². The van der Waals surface area contributed by atoms with Gasteiger partial charge in [-0.1, -0.05) is 98.9 Å². The van der Waals surface area contributed by atoms with E-state index in [-0.39, 0.29) is 0 Å². The molecule has 1 aliphatic heterocycles. The van der Waals surface area contributed by atoms with Crippen molar-refractivity contribution in [2.24, 2.45) is 0 Å². The van der Waals surface area contributed by atoms with Gasteiger partial charge in [0.15, 0.2) is 0 Å². The van der Waals surface area contributed by atoms with Gasteiger partial charge in [0.05, 0.1) is 0 Å². The second-order valence-corrected chi connectivity index (χ2v) is 12.0. The smallest absolute Gasteiger partial charge is 0.0220 e. The number of allylic oxidation sites excluding steroid dienone is 2. The Morgan fingerprint density at radius 2 is 1.14 bits per heavy atom. The quantitative estimate of drug-likeness (QED) is 0.375. The maximum absolute atomic E-state index is 2.28. The van der Waals surface area contributed by atoms with Crippen LogP contribution in [-0.2, 0) is 0 Å². The van der Waals surface area contributed by atoms with Gasteiger partial charge in [-0.05, 0) is 68.7 Å². The molecule has 0 atom stereocenters. The fourth-order valence-electron chi connectivity index (χ4n) is 3.57. The molecule has 1 aliphatic rings. The Hall–Kier alpha value is -1.83. The fraction of sp³-hybridized carbons (Fsp3) is 0.160. The van der Waals surface area contributed by atoms with Gasteiger partial charge in [-0.2, -0.15) is 0 Å². The van der Waals surface area contributed by atoms with Crippen LogP contribution in [0, 0.1) is 0 Å². The van der Waals surface area contributed by atoms with Crippen molar-refractivity contribution in [3.8, 4) is 0 Å². The van der Waals surface area contributed by atoms with E-state index in [1.165, 1.54) is 67.6 Å². The summed E-state index contributed by atoms with van der Waals surface area (Å²) in [5.41, 5.74) is 6.97. The molecule has 0 saturated carbocycles. The molecule has 0 aliphatic carbocycles. The monoisotopic (exact) mass is 416 g/mol. The maximum Gasteiger partial charge on any atom is 0.0220 e. The van der Waals surface area contributed by atoms with Crippen molar-refractivity contribution >= 4 is 39.8 Å². The first-order valence-electron chi connectivity index (χ1n) is 9.78. The largest absolute Gasteiger partial charge is 0.0664 e. The molecule has 138 valence electrons. The van der Waals surface area contributed by atoms with Gasteiger partial charge in [0.1, 0.15) is 0 Å². The van der Waals surface area contributed by atoms with Crippen molar-refractivity contribution in [1.82, 2.24) is 0 Å². The summed E-state index contributed by atoms with van der Waals surface area (Å²) in [6, 6.07) is 33.0. The highest BCUT2D eigenvalue weighted by Gasteiger charge is 2.18. The Bertz CT molecular complexity index is 988. The molecule has 0 spiro atoms. The van der Waals surface area contributed by atoms with E-state index in [0.29, 0.717) is 0 Å². The van der Waals surface area contributed by atoms with E-state index < -0.39 is 0 Å². The molecule has 0 bridgehead atoms. The Morgan fingerprint density at radius 1 is 0.571 bits per heavy atom. The van der Waals surface area contributed by atoms with E-state index >= 15 is 0 Å². The second kappa shape index (κ2) is 10.1. The van der Waals surface area contributed by atoms with Crippen LogP contribution in [0.4, 0.5) is 0 Å². The van der Waals surface area contributed by atoms with Crippen LogP contribution in [0.25, 0.3) is 11.1 Å². The standard InChI is InChI=1S/C25H23P3/c1-4-12-20(13-5-1)23-18-10-11-19-26-28-27-25(22-16-8-3-9-17-22)24(23)21-14-6-2-7-15-21/h1-9,12-17H,10-11,18-19H2. The van der Waals surface area contributed by atoms with Crippen LogP contribution < -0.4 is 0 Å². The zero-order valence-electron chi connectivity index (χ0n) is 15.8. The predicted molar refractivity (Wildman–Crippen MR) is 130 cm³/mol. The molecule has 3 aromatic rings.